The van der Waals surface area contributed by atoms with Crippen LogP contribution in [0.3, 0.4) is 0 Å². The number of carbonyl (C=O) groups is 1. The van der Waals surface area contributed by atoms with Gasteiger partial charge < -0.3 is 4.90 Å². The van der Waals surface area contributed by atoms with Gasteiger partial charge in [-0.25, -0.2) is 0 Å². The highest BCUT2D eigenvalue weighted by molar-refractivity contribution is 5.99. The third-order valence-electron chi connectivity index (χ3n) is 6.71. The monoisotopic (exact) mass is 482 g/mol. The van der Waals surface area contributed by atoms with Gasteiger partial charge in [-0.2, -0.15) is 23.4 Å². The number of fused-ring (bicyclic) bond motifs is 2. The van der Waals surface area contributed by atoms with Gasteiger partial charge >= 0.3 is 6.18 Å². The number of carbonyl (C=O) groups excluding carboxylic acids is 1. The largest absolute Gasteiger partial charge is 0.435 e. The summed E-state index contributed by atoms with van der Waals surface area (Å²) in [6.45, 7) is 6.27. The molecule has 0 N–H and O–H groups in total. The number of rotatable bonds is 2. The average molecular weight is 483 g/mol. The first kappa shape index (κ1) is 23.1. The van der Waals surface area contributed by atoms with Crippen molar-refractivity contribution in [1.82, 2.24) is 29.4 Å². The van der Waals surface area contributed by atoms with Gasteiger partial charge in [0.1, 0.15) is 0 Å². The first-order valence-electron chi connectivity index (χ1n) is 11.3. The number of aromatic nitrogens is 5. The molecule has 4 heterocycles. The van der Waals surface area contributed by atoms with Crippen molar-refractivity contribution in [3.63, 3.8) is 0 Å². The molecule has 35 heavy (non-hydrogen) atoms. The fourth-order valence-electron chi connectivity index (χ4n) is 5.03. The number of hydrogen-bond acceptors (Lipinski definition) is 4. The Balaban J connectivity index is 1.50. The highest BCUT2D eigenvalue weighted by Gasteiger charge is 2.37. The first-order chi connectivity index (χ1) is 16.5. The Bertz CT molecular complexity index is 1480. The van der Waals surface area contributed by atoms with Gasteiger partial charge in [-0.15, -0.1) is 0 Å². The van der Waals surface area contributed by atoms with Crippen LogP contribution in [0.25, 0.3) is 22.3 Å². The van der Waals surface area contributed by atoms with Crippen molar-refractivity contribution in [3.8, 4) is 11.4 Å². The second kappa shape index (κ2) is 7.93. The molecular weight excluding hydrogens is 457 g/mol. The van der Waals surface area contributed by atoms with E-state index in [9.17, 15) is 18.0 Å². The van der Waals surface area contributed by atoms with Crippen molar-refractivity contribution in [2.45, 2.75) is 39.4 Å². The van der Waals surface area contributed by atoms with Crippen molar-refractivity contribution in [2.75, 3.05) is 6.54 Å². The summed E-state index contributed by atoms with van der Waals surface area (Å²) in [7, 11) is 3.19. The highest BCUT2D eigenvalue weighted by Crippen LogP contribution is 2.38. The second-order valence-corrected chi connectivity index (χ2v) is 9.11. The second-order valence-electron chi connectivity index (χ2n) is 9.11. The summed E-state index contributed by atoms with van der Waals surface area (Å²) in [6.07, 6.45) is -4.05. The Labute approximate surface area is 200 Å². The van der Waals surface area contributed by atoms with Gasteiger partial charge in [0.15, 0.2) is 5.69 Å². The van der Waals surface area contributed by atoms with Crippen molar-refractivity contribution in [2.24, 2.45) is 14.1 Å². The molecule has 3 aromatic heterocycles. The van der Waals surface area contributed by atoms with Crippen molar-refractivity contribution >= 4 is 16.8 Å². The van der Waals surface area contributed by atoms with Crippen LogP contribution in [0, 0.1) is 13.8 Å². The highest BCUT2D eigenvalue weighted by atomic mass is 19.4. The van der Waals surface area contributed by atoms with E-state index in [1.54, 1.807) is 22.7 Å². The third-order valence-corrected chi connectivity index (χ3v) is 6.71. The summed E-state index contributed by atoms with van der Waals surface area (Å²) in [5, 5.41) is 9.19. The number of benzene rings is 1. The van der Waals surface area contributed by atoms with Gasteiger partial charge in [0.05, 0.1) is 28.6 Å². The lowest BCUT2D eigenvalue weighted by atomic mass is 9.96. The van der Waals surface area contributed by atoms with Crippen LogP contribution in [0.2, 0.25) is 0 Å². The fraction of sp³-hybridized carbons (Fsp3) is 0.360. The lowest BCUT2D eigenvalue weighted by Gasteiger charge is -2.33. The summed E-state index contributed by atoms with van der Waals surface area (Å²) in [5.41, 5.74) is 4.91. The van der Waals surface area contributed by atoms with Gasteiger partial charge in [-0.1, -0.05) is 0 Å². The minimum atomic E-state index is -4.53. The zero-order valence-corrected chi connectivity index (χ0v) is 20.1. The molecule has 1 aliphatic rings. The predicted octanol–water partition coefficient (Wildman–Crippen LogP) is 4.76. The number of halogens is 3. The molecule has 10 heteroatoms. The topological polar surface area (TPSA) is 68.8 Å². The minimum Gasteiger partial charge on any atom is -0.330 e. The predicted molar refractivity (Wildman–Crippen MR) is 125 cm³/mol. The lowest BCUT2D eigenvalue weighted by molar-refractivity contribution is -0.141. The maximum Gasteiger partial charge on any atom is 0.435 e. The van der Waals surface area contributed by atoms with Gasteiger partial charge in [-0.05, 0) is 63.1 Å². The fourth-order valence-corrected chi connectivity index (χ4v) is 5.03. The maximum absolute atomic E-state index is 13.5. The smallest absolute Gasteiger partial charge is 0.330 e. The quantitative estimate of drug-likeness (QED) is 0.413. The van der Waals surface area contributed by atoms with Crippen LogP contribution < -0.4 is 0 Å². The normalized spacial score (nSPS) is 16.1. The van der Waals surface area contributed by atoms with Crippen LogP contribution in [0.5, 0.6) is 0 Å². The lowest BCUT2D eigenvalue weighted by Crippen LogP contribution is -2.38. The molecule has 1 amide bonds. The molecule has 0 bridgehead atoms. The Morgan fingerprint density at radius 1 is 1.06 bits per heavy atom. The van der Waals surface area contributed by atoms with E-state index >= 15 is 0 Å². The van der Waals surface area contributed by atoms with Crippen LogP contribution in [0.1, 0.15) is 51.5 Å². The van der Waals surface area contributed by atoms with Gasteiger partial charge in [0.25, 0.3) is 5.91 Å². The molecule has 4 aromatic rings. The number of pyridine rings is 1. The number of amides is 1. The SMILES string of the molecule is Cc1cc(C)c2cc(C(=O)N3CCc4c(nn(C)c4-c4cc(C(F)(F)F)nn4C)[C@@H]3C)ccc2n1. The van der Waals surface area contributed by atoms with Crippen LogP contribution in [-0.2, 0) is 26.7 Å². The zero-order valence-electron chi connectivity index (χ0n) is 20.1. The molecule has 0 saturated heterocycles. The molecule has 7 nitrogen and oxygen atoms in total. The summed E-state index contributed by atoms with van der Waals surface area (Å²) in [6, 6.07) is 8.23. The summed E-state index contributed by atoms with van der Waals surface area (Å²) >= 11 is 0. The van der Waals surface area contributed by atoms with Gasteiger partial charge in [-0.3, -0.25) is 19.1 Å². The third kappa shape index (κ3) is 3.77. The van der Waals surface area contributed by atoms with E-state index in [-0.39, 0.29) is 11.9 Å². The molecule has 0 fully saturated rings. The van der Waals surface area contributed by atoms with Crippen molar-refractivity contribution in [3.05, 3.63) is 64.1 Å². The molecule has 0 unspecified atom stereocenters. The Hall–Kier alpha value is -3.69. The molecular formula is C25H25F3N6O. The van der Waals surface area contributed by atoms with Crippen LogP contribution >= 0.6 is 0 Å². The number of aryl methyl sites for hydroxylation is 4. The van der Waals surface area contributed by atoms with Crippen LogP contribution in [-0.4, -0.2) is 41.9 Å². The summed E-state index contributed by atoms with van der Waals surface area (Å²) in [5.74, 6) is -0.114. The molecule has 1 atom stereocenters. The van der Waals surface area contributed by atoms with E-state index in [1.807, 2.05) is 39.0 Å². The Kier molecular flexibility index (Phi) is 5.23. The van der Waals surface area contributed by atoms with Crippen molar-refractivity contribution < 1.29 is 18.0 Å². The Morgan fingerprint density at radius 2 is 1.80 bits per heavy atom. The molecule has 0 radical (unpaired) electrons. The maximum atomic E-state index is 13.5. The molecule has 1 aromatic carbocycles. The van der Waals surface area contributed by atoms with Gasteiger partial charge in [0, 0.05) is 42.8 Å². The molecule has 0 spiro atoms. The van der Waals surface area contributed by atoms with Crippen LogP contribution in [0.4, 0.5) is 13.2 Å². The standard InChI is InChI=1S/C25H25F3N6O/c1-13-10-14(2)29-19-7-6-16(11-18(13)19)24(35)34-9-8-17-22(15(34)3)31-33(5)23(17)20-12-21(25(26,27)28)30-32(20)4/h6-7,10-12,15H,8-9H2,1-5H3/t15-/m0/s1. The Morgan fingerprint density at radius 3 is 2.49 bits per heavy atom. The number of nitrogens with zero attached hydrogens (tertiary/aromatic N) is 6. The van der Waals surface area contributed by atoms with E-state index in [0.717, 1.165) is 33.8 Å². The number of hydrogen-bond donors (Lipinski definition) is 0. The van der Waals surface area contributed by atoms with E-state index in [4.69, 9.17) is 0 Å². The molecule has 0 saturated carbocycles. The molecule has 0 aliphatic carbocycles. The van der Waals surface area contributed by atoms with Gasteiger partial charge in [0.2, 0.25) is 0 Å². The summed E-state index contributed by atoms with van der Waals surface area (Å²) < 4.78 is 42.5. The zero-order chi connectivity index (χ0) is 25.2. The van der Waals surface area contributed by atoms with E-state index < -0.39 is 11.9 Å². The van der Waals surface area contributed by atoms with E-state index in [1.165, 1.54) is 11.7 Å². The minimum absolute atomic E-state index is 0.114. The van der Waals surface area contributed by atoms with Crippen molar-refractivity contribution in [1.29, 1.82) is 0 Å². The summed E-state index contributed by atoms with van der Waals surface area (Å²) in [4.78, 5) is 19.8. The van der Waals surface area contributed by atoms with E-state index in [0.29, 0.717) is 35.6 Å². The molecule has 1 aliphatic heterocycles. The average Bonchev–Trinajstić information content (AvgIpc) is 3.32. The molecule has 5 rings (SSSR count). The number of alkyl halides is 3. The van der Waals surface area contributed by atoms with Crippen LogP contribution in [0.15, 0.2) is 30.3 Å². The van der Waals surface area contributed by atoms with E-state index in [2.05, 4.69) is 15.2 Å². The molecule has 182 valence electrons. The first-order valence-corrected chi connectivity index (χ1v) is 11.3.